The number of ether oxygens (including phenoxy) is 1. The highest BCUT2D eigenvalue weighted by molar-refractivity contribution is 5.80. The molecule has 1 aromatic carbocycles. The van der Waals surface area contributed by atoms with Crippen LogP contribution in [0, 0.1) is 0 Å². The molecule has 0 bridgehead atoms. The van der Waals surface area contributed by atoms with Crippen LogP contribution < -0.4 is 10.5 Å². The van der Waals surface area contributed by atoms with Crippen molar-refractivity contribution in [3.63, 3.8) is 0 Å². The molecule has 2 aromatic rings. The lowest BCUT2D eigenvalue weighted by Crippen LogP contribution is -2.16. The van der Waals surface area contributed by atoms with Gasteiger partial charge in [-0.1, -0.05) is 19.1 Å². The lowest BCUT2D eigenvalue weighted by Gasteiger charge is -1.95. The Kier molecular flexibility index (Phi) is 2.29. The van der Waals surface area contributed by atoms with E-state index in [-0.39, 0.29) is 6.01 Å². The van der Waals surface area contributed by atoms with E-state index in [9.17, 15) is 4.79 Å². The van der Waals surface area contributed by atoms with Crippen LogP contribution in [0.4, 0.5) is 4.79 Å². The Bertz CT molecular complexity index is 504. The van der Waals surface area contributed by atoms with Gasteiger partial charge in [-0.3, -0.25) is 0 Å². The van der Waals surface area contributed by atoms with E-state index in [0.29, 0.717) is 0 Å². The number of rotatable bonds is 2. The van der Waals surface area contributed by atoms with E-state index in [0.717, 1.165) is 23.0 Å². The summed E-state index contributed by atoms with van der Waals surface area (Å²) in [6.45, 7) is 2.04. The molecular weight excluding hydrogens is 194 g/mol. The van der Waals surface area contributed by atoms with E-state index in [1.54, 1.807) is 0 Å². The molecule has 1 aromatic heterocycles. The van der Waals surface area contributed by atoms with Crippen molar-refractivity contribution in [2.24, 2.45) is 5.73 Å². The zero-order valence-electron chi connectivity index (χ0n) is 8.28. The first-order valence-corrected chi connectivity index (χ1v) is 4.65. The molecule has 3 N–H and O–H groups in total. The highest BCUT2D eigenvalue weighted by Crippen LogP contribution is 2.19. The van der Waals surface area contributed by atoms with Gasteiger partial charge in [0.25, 0.3) is 0 Å². The van der Waals surface area contributed by atoms with Crippen molar-refractivity contribution in [1.29, 1.82) is 0 Å². The number of hydrogen-bond donors (Lipinski definition) is 2. The maximum atomic E-state index is 10.5. The van der Waals surface area contributed by atoms with Crippen LogP contribution in [0.15, 0.2) is 18.2 Å². The maximum absolute atomic E-state index is 10.5. The Morgan fingerprint density at radius 3 is 3.07 bits per heavy atom. The molecule has 5 heteroatoms. The summed E-state index contributed by atoms with van der Waals surface area (Å²) < 4.78 is 4.67. The van der Waals surface area contributed by atoms with Gasteiger partial charge in [0.05, 0.1) is 11.0 Å². The fraction of sp³-hybridized carbons (Fsp3) is 0.200. The molecule has 0 fully saturated rings. The Balaban J connectivity index is 2.50. The van der Waals surface area contributed by atoms with Gasteiger partial charge in [0.1, 0.15) is 0 Å². The molecule has 0 aliphatic heterocycles. The van der Waals surface area contributed by atoms with E-state index in [1.807, 2.05) is 25.1 Å². The molecule has 2 rings (SSSR count). The van der Waals surface area contributed by atoms with Crippen LogP contribution in [0.2, 0.25) is 0 Å². The fourth-order valence-electron chi connectivity index (χ4n) is 1.50. The average Bonchev–Trinajstić information content (AvgIpc) is 2.58. The molecule has 0 unspecified atom stereocenters. The number of carbonyl (C=O) groups is 1. The number of primary amides is 1. The molecule has 0 radical (unpaired) electrons. The summed E-state index contributed by atoms with van der Waals surface area (Å²) in [5.74, 6) is 0. The largest absolute Gasteiger partial charge is 0.412 e. The average molecular weight is 205 g/mol. The molecule has 0 aliphatic rings. The molecule has 15 heavy (non-hydrogen) atoms. The second-order valence-electron chi connectivity index (χ2n) is 3.13. The molecule has 1 heterocycles. The molecule has 0 saturated carbocycles. The van der Waals surface area contributed by atoms with Gasteiger partial charge in [-0.15, -0.1) is 0 Å². The van der Waals surface area contributed by atoms with E-state index >= 15 is 0 Å². The number of nitrogens with zero attached hydrogens (tertiary/aromatic N) is 1. The van der Waals surface area contributed by atoms with Crippen LogP contribution in [0.1, 0.15) is 12.5 Å². The van der Waals surface area contributed by atoms with Gasteiger partial charge in [0, 0.05) is 0 Å². The van der Waals surface area contributed by atoms with Gasteiger partial charge in [-0.25, -0.2) is 4.79 Å². The SMILES string of the molecule is CCc1cccc2[nH]c(OC(N)=O)nc12. The Morgan fingerprint density at radius 1 is 1.60 bits per heavy atom. The number of aromatic nitrogens is 2. The summed E-state index contributed by atoms with van der Waals surface area (Å²) >= 11 is 0. The Hall–Kier alpha value is -2.04. The topological polar surface area (TPSA) is 81.0 Å². The second kappa shape index (κ2) is 3.61. The molecule has 0 aliphatic carbocycles. The monoisotopic (exact) mass is 205 g/mol. The summed E-state index contributed by atoms with van der Waals surface area (Å²) in [4.78, 5) is 17.6. The summed E-state index contributed by atoms with van der Waals surface area (Å²) in [6.07, 6.45) is 0.00480. The lowest BCUT2D eigenvalue weighted by molar-refractivity contribution is 0.207. The predicted molar refractivity (Wildman–Crippen MR) is 55.7 cm³/mol. The van der Waals surface area contributed by atoms with Gasteiger partial charge in [-0.05, 0) is 18.1 Å². The standard InChI is InChI=1S/C10H11N3O2/c1-2-6-4-3-5-7-8(6)13-10(12-7)15-9(11)14/h3-5H,2H2,1H3,(H2,11,14)(H,12,13). The highest BCUT2D eigenvalue weighted by Gasteiger charge is 2.08. The quantitative estimate of drug-likeness (QED) is 0.781. The number of nitrogens with two attached hydrogens (primary N) is 1. The van der Waals surface area contributed by atoms with Crippen molar-refractivity contribution in [1.82, 2.24) is 9.97 Å². The summed E-state index contributed by atoms with van der Waals surface area (Å²) in [5.41, 5.74) is 7.65. The summed E-state index contributed by atoms with van der Waals surface area (Å²) in [6, 6.07) is 5.92. The summed E-state index contributed by atoms with van der Waals surface area (Å²) in [7, 11) is 0. The van der Waals surface area contributed by atoms with Gasteiger partial charge in [0.2, 0.25) is 0 Å². The zero-order chi connectivity index (χ0) is 10.8. The number of para-hydroxylation sites is 1. The number of amides is 1. The van der Waals surface area contributed by atoms with Crippen LogP contribution in [0.5, 0.6) is 6.01 Å². The Morgan fingerprint density at radius 2 is 2.40 bits per heavy atom. The first-order chi connectivity index (χ1) is 7.20. The number of hydrogen-bond acceptors (Lipinski definition) is 3. The van der Waals surface area contributed by atoms with Gasteiger partial charge >= 0.3 is 12.1 Å². The van der Waals surface area contributed by atoms with Crippen molar-refractivity contribution < 1.29 is 9.53 Å². The van der Waals surface area contributed by atoms with Gasteiger partial charge in [-0.2, -0.15) is 4.98 Å². The molecule has 0 spiro atoms. The minimum atomic E-state index is -0.868. The van der Waals surface area contributed by atoms with Crippen LogP contribution in [0.3, 0.4) is 0 Å². The van der Waals surface area contributed by atoms with Crippen molar-refractivity contribution >= 4 is 17.1 Å². The summed E-state index contributed by atoms with van der Waals surface area (Å²) in [5, 5.41) is 0. The molecule has 0 atom stereocenters. The predicted octanol–water partition coefficient (Wildman–Crippen LogP) is 1.58. The third-order valence-electron chi connectivity index (χ3n) is 2.15. The fourth-order valence-corrected chi connectivity index (χ4v) is 1.50. The van der Waals surface area contributed by atoms with E-state index < -0.39 is 6.09 Å². The number of imidazole rings is 1. The highest BCUT2D eigenvalue weighted by atomic mass is 16.6. The number of fused-ring (bicyclic) bond motifs is 1. The minimum Gasteiger partial charge on any atom is -0.376 e. The Labute approximate surface area is 86.3 Å². The molecule has 78 valence electrons. The number of carbonyl (C=O) groups excluding carboxylic acids is 1. The number of aromatic amines is 1. The normalized spacial score (nSPS) is 10.5. The van der Waals surface area contributed by atoms with Gasteiger partial charge < -0.3 is 15.5 Å². The molecule has 1 amide bonds. The zero-order valence-corrected chi connectivity index (χ0v) is 8.28. The van der Waals surface area contributed by atoms with Gasteiger partial charge in [0.15, 0.2) is 0 Å². The van der Waals surface area contributed by atoms with E-state index in [4.69, 9.17) is 5.73 Å². The van der Waals surface area contributed by atoms with Crippen LogP contribution >= 0.6 is 0 Å². The molecule has 5 nitrogen and oxygen atoms in total. The third kappa shape index (κ3) is 1.76. The number of benzene rings is 1. The van der Waals surface area contributed by atoms with E-state index in [1.165, 1.54) is 0 Å². The minimum absolute atomic E-state index is 0.137. The smallest absolute Gasteiger partial charge is 0.376 e. The third-order valence-corrected chi connectivity index (χ3v) is 2.15. The first-order valence-electron chi connectivity index (χ1n) is 4.65. The second-order valence-corrected chi connectivity index (χ2v) is 3.13. The van der Waals surface area contributed by atoms with Crippen molar-refractivity contribution in [2.75, 3.05) is 0 Å². The number of aryl methyl sites for hydroxylation is 1. The molecule has 0 saturated heterocycles. The lowest BCUT2D eigenvalue weighted by atomic mass is 10.1. The van der Waals surface area contributed by atoms with Crippen molar-refractivity contribution in [3.05, 3.63) is 23.8 Å². The van der Waals surface area contributed by atoms with Crippen LogP contribution in [-0.4, -0.2) is 16.1 Å². The number of H-pyrrole nitrogens is 1. The van der Waals surface area contributed by atoms with Crippen molar-refractivity contribution in [3.8, 4) is 6.01 Å². The maximum Gasteiger partial charge on any atom is 0.412 e. The van der Waals surface area contributed by atoms with E-state index in [2.05, 4.69) is 14.7 Å². The number of nitrogens with one attached hydrogen (secondary N) is 1. The first kappa shape index (κ1) is 9.51. The van der Waals surface area contributed by atoms with Crippen LogP contribution in [0.25, 0.3) is 11.0 Å². The van der Waals surface area contributed by atoms with Crippen molar-refractivity contribution in [2.45, 2.75) is 13.3 Å². The molecular formula is C10H11N3O2. The van der Waals surface area contributed by atoms with Crippen LogP contribution in [-0.2, 0) is 6.42 Å².